The zero-order valence-corrected chi connectivity index (χ0v) is 15.7. The first kappa shape index (κ1) is 18.9. The van der Waals surface area contributed by atoms with Crippen molar-refractivity contribution in [1.29, 1.82) is 0 Å². The molecule has 0 bridgehead atoms. The van der Waals surface area contributed by atoms with Crippen LogP contribution < -0.4 is 0 Å². The highest BCUT2D eigenvalue weighted by molar-refractivity contribution is 8.00. The van der Waals surface area contributed by atoms with Crippen LogP contribution in [-0.4, -0.2) is 23.4 Å². The molecule has 1 atom stereocenters. The minimum absolute atomic E-state index is 0.171. The number of phenolic OH excluding ortho intramolecular Hbond substituents is 1. The Kier molecular flexibility index (Phi) is 5.61. The van der Waals surface area contributed by atoms with Crippen molar-refractivity contribution in [3.05, 3.63) is 23.3 Å². The number of ether oxygens (including phenoxy) is 1. The summed E-state index contributed by atoms with van der Waals surface area (Å²) in [7, 11) is 1.40. The van der Waals surface area contributed by atoms with E-state index >= 15 is 0 Å². The van der Waals surface area contributed by atoms with Crippen LogP contribution in [0.1, 0.15) is 59.6 Å². The lowest BCUT2D eigenvalue weighted by molar-refractivity contribution is -0.139. The summed E-state index contributed by atoms with van der Waals surface area (Å²) in [5, 5.41) is 10.4. The SMILES string of the molecule is COC(=O)C(C)Sc1cc(C(C)(C)C)c(O)c(C(C)(C)C)c1. The fraction of sp³-hybridized carbons (Fsp3) is 0.611. The molecule has 1 aromatic carbocycles. The molecule has 22 heavy (non-hydrogen) atoms. The number of esters is 1. The van der Waals surface area contributed by atoms with Crippen LogP contribution in [0, 0.1) is 0 Å². The third kappa shape index (κ3) is 4.42. The normalized spacial score (nSPS) is 13.8. The number of benzene rings is 1. The predicted molar refractivity (Wildman–Crippen MR) is 92.8 cm³/mol. The highest BCUT2D eigenvalue weighted by Crippen LogP contribution is 2.42. The minimum atomic E-state index is -0.282. The van der Waals surface area contributed by atoms with Gasteiger partial charge in [0, 0.05) is 16.0 Å². The highest BCUT2D eigenvalue weighted by Gasteiger charge is 2.27. The first-order chi connectivity index (χ1) is 9.87. The molecule has 0 saturated carbocycles. The van der Waals surface area contributed by atoms with Gasteiger partial charge in [-0.3, -0.25) is 4.79 Å². The number of thioether (sulfide) groups is 1. The highest BCUT2D eigenvalue weighted by atomic mass is 32.2. The van der Waals surface area contributed by atoms with E-state index in [0.717, 1.165) is 16.0 Å². The van der Waals surface area contributed by atoms with Gasteiger partial charge in [-0.05, 0) is 29.9 Å². The van der Waals surface area contributed by atoms with Gasteiger partial charge >= 0.3 is 5.97 Å². The number of aromatic hydroxyl groups is 1. The first-order valence-electron chi connectivity index (χ1n) is 7.50. The third-order valence-electron chi connectivity index (χ3n) is 3.55. The van der Waals surface area contributed by atoms with Crippen molar-refractivity contribution in [3.8, 4) is 5.75 Å². The molecule has 124 valence electrons. The van der Waals surface area contributed by atoms with Crippen molar-refractivity contribution in [2.75, 3.05) is 7.11 Å². The number of phenols is 1. The van der Waals surface area contributed by atoms with Gasteiger partial charge in [0.25, 0.3) is 0 Å². The molecule has 4 heteroatoms. The Labute approximate surface area is 138 Å². The van der Waals surface area contributed by atoms with Crippen LogP contribution in [0.25, 0.3) is 0 Å². The Morgan fingerprint density at radius 3 is 1.82 bits per heavy atom. The van der Waals surface area contributed by atoms with E-state index in [1.54, 1.807) is 0 Å². The molecule has 1 aromatic rings. The van der Waals surface area contributed by atoms with Crippen LogP contribution in [0.3, 0.4) is 0 Å². The molecule has 3 nitrogen and oxygen atoms in total. The molecular formula is C18H28O3S. The molecule has 0 radical (unpaired) electrons. The molecule has 0 aliphatic heterocycles. The van der Waals surface area contributed by atoms with E-state index in [9.17, 15) is 9.90 Å². The van der Waals surface area contributed by atoms with Gasteiger partial charge < -0.3 is 9.84 Å². The average Bonchev–Trinajstić information content (AvgIpc) is 2.36. The van der Waals surface area contributed by atoms with Crippen LogP contribution in [0.2, 0.25) is 0 Å². The fourth-order valence-electron chi connectivity index (χ4n) is 2.24. The number of methoxy groups -OCH3 is 1. The number of carbonyl (C=O) groups excluding carboxylic acids is 1. The molecule has 1 unspecified atom stereocenters. The Bertz CT molecular complexity index is 515. The van der Waals surface area contributed by atoms with E-state index in [1.165, 1.54) is 18.9 Å². The molecule has 1 N–H and O–H groups in total. The molecule has 0 aliphatic carbocycles. The zero-order chi connectivity index (χ0) is 17.3. The second-order valence-corrected chi connectivity index (χ2v) is 9.06. The maximum atomic E-state index is 11.7. The van der Waals surface area contributed by atoms with Crippen LogP contribution >= 0.6 is 11.8 Å². The van der Waals surface area contributed by atoms with Crippen molar-refractivity contribution < 1.29 is 14.6 Å². The van der Waals surface area contributed by atoms with Gasteiger partial charge in [-0.2, -0.15) is 0 Å². The molecule has 0 aromatic heterocycles. The molecule has 0 amide bonds. The Morgan fingerprint density at radius 2 is 1.50 bits per heavy atom. The standard InChI is InChI=1S/C18H28O3S/c1-11(16(20)21-8)22-12-9-13(17(2,3)4)15(19)14(10-12)18(5,6)7/h9-11,19H,1-8H3. The van der Waals surface area contributed by atoms with Crippen molar-refractivity contribution in [2.24, 2.45) is 0 Å². The van der Waals surface area contributed by atoms with E-state index in [2.05, 4.69) is 41.5 Å². The Hall–Kier alpha value is -1.16. The monoisotopic (exact) mass is 324 g/mol. The Morgan fingerprint density at radius 1 is 1.09 bits per heavy atom. The first-order valence-corrected chi connectivity index (χ1v) is 8.38. The molecule has 0 saturated heterocycles. The third-order valence-corrected chi connectivity index (χ3v) is 4.60. The van der Waals surface area contributed by atoms with Gasteiger partial charge in [0.1, 0.15) is 11.0 Å². The lowest BCUT2D eigenvalue weighted by Gasteiger charge is -2.28. The van der Waals surface area contributed by atoms with Crippen molar-refractivity contribution in [3.63, 3.8) is 0 Å². The van der Waals surface area contributed by atoms with E-state index in [4.69, 9.17) is 4.74 Å². The van der Waals surface area contributed by atoms with Gasteiger partial charge in [0.2, 0.25) is 0 Å². The van der Waals surface area contributed by atoms with Gasteiger partial charge in [-0.25, -0.2) is 0 Å². The maximum Gasteiger partial charge on any atom is 0.318 e. The van der Waals surface area contributed by atoms with Crippen molar-refractivity contribution in [1.82, 2.24) is 0 Å². The summed E-state index contributed by atoms with van der Waals surface area (Å²) in [6.45, 7) is 14.3. The van der Waals surface area contributed by atoms with Crippen molar-refractivity contribution >= 4 is 17.7 Å². The number of hydrogen-bond donors (Lipinski definition) is 1. The van der Waals surface area contributed by atoms with Crippen molar-refractivity contribution in [2.45, 2.75) is 69.4 Å². The zero-order valence-electron chi connectivity index (χ0n) is 14.9. The summed E-state index contributed by atoms with van der Waals surface area (Å²) in [6, 6.07) is 3.96. The second kappa shape index (κ2) is 6.53. The number of rotatable bonds is 3. The summed E-state index contributed by atoms with van der Waals surface area (Å²) in [4.78, 5) is 12.6. The quantitative estimate of drug-likeness (QED) is 0.650. The summed E-state index contributed by atoms with van der Waals surface area (Å²) in [6.07, 6.45) is 0. The van der Waals surface area contributed by atoms with Crippen LogP contribution in [0.4, 0.5) is 0 Å². The van der Waals surface area contributed by atoms with Crippen LogP contribution in [-0.2, 0) is 20.4 Å². The topological polar surface area (TPSA) is 46.5 Å². The maximum absolute atomic E-state index is 11.7. The van der Waals surface area contributed by atoms with Gasteiger partial charge in [0.05, 0.1) is 7.11 Å². The smallest absolute Gasteiger partial charge is 0.318 e. The summed E-state index contributed by atoms with van der Waals surface area (Å²) < 4.78 is 4.79. The Balaban J connectivity index is 3.39. The molecule has 0 heterocycles. The minimum Gasteiger partial charge on any atom is -0.507 e. The molecule has 0 fully saturated rings. The molecule has 1 rings (SSSR count). The number of carbonyl (C=O) groups is 1. The van der Waals surface area contributed by atoms with E-state index in [1.807, 2.05) is 19.1 Å². The molecule has 0 spiro atoms. The lowest BCUT2D eigenvalue weighted by Crippen LogP contribution is -2.18. The summed E-state index contributed by atoms with van der Waals surface area (Å²) in [5.74, 6) is 0.114. The van der Waals surface area contributed by atoms with Gasteiger partial charge in [0.15, 0.2) is 0 Å². The largest absolute Gasteiger partial charge is 0.507 e. The summed E-state index contributed by atoms with van der Waals surface area (Å²) >= 11 is 1.46. The van der Waals surface area contributed by atoms with E-state index in [-0.39, 0.29) is 22.0 Å². The van der Waals surface area contributed by atoms with Gasteiger partial charge in [-0.1, -0.05) is 41.5 Å². The summed E-state index contributed by atoms with van der Waals surface area (Å²) in [5.41, 5.74) is 1.46. The molecule has 0 aliphatic rings. The van der Waals surface area contributed by atoms with Gasteiger partial charge in [-0.15, -0.1) is 11.8 Å². The predicted octanol–water partition coefficient (Wildman–Crippen LogP) is 4.64. The fourth-order valence-corrected chi connectivity index (χ4v) is 3.21. The van der Waals surface area contributed by atoms with E-state index in [0.29, 0.717) is 5.75 Å². The second-order valence-electron chi connectivity index (χ2n) is 7.65. The molecular weight excluding hydrogens is 296 g/mol. The van der Waals surface area contributed by atoms with Crippen LogP contribution in [0.15, 0.2) is 17.0 Å². The van der Waals surface area contributed by atoms with Crippen LogP contribution in [0.5, 0.6) is 5.75 Å². The average molecular weight is 324 g/mol. The van der Waals surface area contributed by atoms with E-state index < -0.39 is 0 Å². The number of hydrogen-bond acceptors (Lipinski definition) is 4. The lowest BCUT2D eigenvalue weighted by atomic mass is 9.79.